The van der Waals surface area contributed by atoms with Gasteiger partial charge in [0, 0.05) is 35.2 Å². The van der Waals surface area contributed by atoms with Crippen molar-refractivity contribution in [3.63, 3.8) is 0 Å². The maximum atomic E-state index is 13.8. The molecule has 2 aromatic rings. The predicted octanol–water partition coefficient (Wildman–Crippen LogP) is 4.81. The number of aliphatic imine (C=N–C) groups is 1. The van der Waals surface area contributed by atoms with Gasteiger partial charge in [0.1, 0.15) is 19.4 Å². The lowest BCUT2D eigenvalue weighted by atomic mass is 10.0. The van der Waals surface area contributed by atoms with Gasteiger partial charge in [-0.15, -0.1) is 11.3 Å². The number of halogens is 2. The van der Waals surface area contributed by atoms with E-state index in [1.807, 2.05) is 17.5 Å². The summed E-state index contributed by atoms with van der Waals surface area (Å²) in [6.07, 6.45) is -1.47. The van der Waals surface area contributed by atoms with E-state index in [0.717, 1.165) is 28.0 Å². The molecule has 1 N–H and O–H groups in total. The maximum absolute atomic E-state index is 13.8. The lowest BCUT2D eigenvalue weighted by molar-refractivity contribution is 0.00826. The van der Waals surface area contributed by atoms with Gasteiger partial charge in [-0.25, -0.2) is 4.39 Å². The van der Waals surface area contributed by atoms with Crippen LogP contribution in [0, 0.1) is 0 Å². The van der Waals surface area contributed by atoms with Gasteiger partial charge in [0.2, 0.25) is 0 Å². The summed E-state index contributed by atoms with van der Waals surface area (Å²) >= 11 is 8.11. The van der Waals surface area contributed by atoms with Crippen LogP contribution in [0.15, 0.2) is 40.4 Å². The lowest BCUT2D eigenvalue weighted by Crippen LogP contribution is -2.47. The molecule has 2 saturated heterocycles. The predicted molar refractivity (Wildman–Crippen MR) is 129 cm³/mol. The smallest absolute Gasteiger partial charge is 0.254 e. The number of aliphatic hydroxyl groups excluding tert-OH is 1. The third-order valence-electron chi connectivity index (χ3n) is 5.82. The molecule has 6 nitrogen and oxygen atoms in total. The van der Waals surface area contributed by atoms with Gasteiger partial charge in [-0.05, 0) is 42.0 Å². The Kier molecular flexibility index (Phi) is 7.36. The average Bonchev–Trinajstić information content (AvgIpc) is 3.30. The molecule has 2 unspecified atom stereocenters. The number of nitrogens with zero attached hydrogens (tertiary/aromatic N) is 2. The average molecular weight is 493 g/mol. The number of hydrogen-bond acceptors (Lipinski definition) is 6. The van der Waals surface area contributed by atoms with E-state index in [9.17, 15) is 14.3 Å². The van der Waals surface area contributed by atoms with Crippen molar-refractivity contribution in [1.29, 1.82) is 0 Å². The van der Waals surface area contributed by atoms with Crippen LogP contribution in [0.25, 0.3) is 16.0 Å². The molecule has 33 heavy (non-hydrogen) atoms. The van der Waals surface area contributed by atoms with Gasteiger partial charge in [-0.2, -0.15) is 0 Å². The SMILES string of the molecule is CC/C(=C1/OCCOC1=NC)c1csc(-c2ccc(C(=O)N3CCC(O)C(F)C3)cc2Cl)c1. The molecule has 0 bridgehead atoms. The molecule has 1 aromatic heterocycles. The number of aliphatic hydroxyl groups is 1. The Balaban J connectivity index is 1.58. The molecule has 2 aliphatic rings. The monoisotopic (exact) mass is 492 g/mol. The number of hydrogen-bond donors (Lipinski definition) is 1. The fraction of sp³-hybridized carbons (Fsp3) is 0.417. The van der Waals surface area contributed by atoms with Crippen LogP contribution in [0.1, 0.15) is 35.7 Å². The number of thiophene rings is 1. The molecule has 2 aliphatic heterocycles. The van der Waals surface area contributed by atoms with Crippen molar-refractivity contribution in [2.24, 2.45) is 4.99 Å². The number of piperidine rings is 1. The number of rotatable bonds is 4. The minimum absolute atomic E-state index is 0.114. The number of carbonyl (C=O) groups is 1. The lowest BCUT2D eigenvalue weighted by Gasteiger charge is -2.32. The van der Waals surface area contributed by atoms with Crippen molar-refractivity contribution in [2.75, 3.05) is 33.4 Å². The number of benzene rings is 1. The molecule has 2 atom stereocenters. The topological polar surface area (TPSA) is 71.4 Å². The number of amides is 1. The minimum atomic E-state index is -1.43. The van der Waals surface area contributed by atoms with E-state index in [0.29, 0.717) is 42.0 Å². The molecule has 1 aromatic carbocycles. The third-order valence-corrected chi connectivity index (χ3v) is 7.09. The van der Waals surface area contributed by atoms with Crippen LogP contribution >= 0.6 is 22.9 Å². The van der Waals surface area contributed by atoms with Crippen molar-refractivity contribution < 1.29 is 23.8 Å². The van der Waals surface area contributed by atoms with Crippen LogP contribution in [0.4, 0.5) is 4.39 Å². The van der Waals surface area contributed by atoms with Crippen LogP contribution in [0.5, 0.6) is 0 Å². The van der Waals surface area contributed by atoms with Crippen molar-refractivity contribution >= 4 is 40.3 Å². The standard InChI is InChI=1S/C24H26ClFN2O4S/c1-3-16(22-23(27-2)32-9-8-31-22)15-11-21(33-13-15)17-5-4-14(10-18(17)25)24(30)28-7-6-20(29)19(26)12-28/h4-5,10-11,13,19-20,29H,3,6-9,12H2,1-2H3/b22-16-,27-23?. The third kappa shape index (κ3) is 4.93. The van der Waals surface area contributed by atoms with Crippen molar-refractivity contribution in [3.05, 3.63) is 51.6 Å². The van der Waals surface area contributed by atoms with Gasteiger partial charge >= 0.3 is 0 Å². The molecule has 0 spiro atoms. The van der Waals surface area contributed by atoms with Gasteiger partial charge < -0.3 is 19.5 Å². The van der Waals surface area contributed by atoms with Crippen LogP contribution in [0.2, 0.25) is 5.02 Å². The van der Waals surface area contributed by atoms with E-state index >= 15 is 0 Å². The molecule has 0 radical (unpaired) electrons. The van der Waals surface area contributed by atoms with Gasteiger partial charge in [-0.3, -0.25) is 9.79 Å². The summed E-state index contributed by atoms with van der Waals surface area (Å²) in [6.45, 7) is 3.22. The molecule has 2 fully saturated rings. The first-order valence-electron chi connectivity index (χ1n) is 10.9. The fourth-order valence-corrected chi connectivity index (χ4v) is 5.33. The number of alkyl halides is 1. The molecule has 9 heteroatoms. The molecule has 4 rings (SSSR count). The van der Waals surface area contributed by atoms with E-state index in [4.69, 9.17) is 21.1 Å². The number of likely N-dealkylation sites (tertiary alicyclic amines) is 1. The van der Waals surface area contributed by atoms with Crippen molar-refractivity contribution in [2.45, 2.75) is 32.0 Å². The Bertz CT molecular complexity index is 1100. The van der Waals surface area contributed by atoms with E-state index in [-0.39, 0.29) is 18.9 Å². The van der Waals surface area contributed by atoms with Crippen molar-refractivity contribution in [3.8, 4) is 10.4 Å². The molecule has 176 valence electrons. The highest BCUT2D eigenvalue weighted by atomic mass is 35.5. The zero-order valence-corrected chi connectivity index (χ0v) is 20.1. The fourth-order valence-electron chi connectivity index (χ4n) is 4.03. The molecule has 3 heterocycles. The Labute approximate surface area is 201 Å². The zero-order valence-electron chi connectivity index (χ0n) is 18.5. The summed E-state index contributed by atoms with van der Waals surface area (Å²) in [5.41, 5.74) is 3.23. The second-order valence-electron chi connectivity index (χ2n) is 7.90. The minimum Gasteiger partial charge on any atom is -0.484 e. The largest absolute Gasteiger partial charge is 0.484 e. The van der Waals surface area contributed by atoms with Crippen LogP contribution < -0.4 is 0 Å². The van der Waals surface area contributed by atoms with Gasteiger partial charge in [0.25, 0.3) is 11.8 Å². The molecule has 0 saturated carbocycles. The Morgan fingerprint density at radius 1 is 1.30 bits per heavy atom. The Hall–Kier alpha value is -2.42. The van der Waals surface area contributed by atoms with E-state index in [1.54, 1.807) is 30.5 Å². The van der Waals surface area contributed by atoms with Crippen LogP contribution in [0.3, 0.4) is 0 Å². The van der Waals surface area contributed by atoms with Gasteiger partial charge in [-0.1, -0.05) is 24.6 Å². The summed E-state index contributed by atoms with van der Waals surface area (Å²) in [6, 6.07) is 7.19. The highest BCUT2D eigenvalue weighted by Gasteiger charge is 2.30. The number of allylic oxidation sites excluding steroid dienone is 1. The first kappa shape index (κ1) is 23.7. The normalized spacial score (nSPS) is 23.8. The van der Waals surface area contributed by atoms with Crippen LogP contribution in [-0.4, -0.2) is 67.4 Å². The Morgan fingerprint density at radius 2 is 2.09 bits per heavy atom. The summed E-state index contributed by atoms with van der Waals surface area (Å²) in [5.74, 6) is 0.886. The summed E-state index contributed by atoms with van der Waals surface area (Å²) < 4.78 is 25.3. The summed E-state index contributed by atoms with van der Waals surface area (Å²) in [7, 11) is 1.68. The summed E-state index contributed by atoms with van der Waals surface area (Å²) in [4.78, 5) is 19.4. The van der Waals surface area contributed by atoms with Crippen LogP contribution in [-0.2, 0) is 9.47 Å². The number of carbonyl (C=O) groups excluding carboxylic acids is 1. The highest BCUT2D eigenvalue weighted by molar-refractivity contribution is 7.13. The highest BCUT2D eigenvalue weighted by Crippen LogP contribution is 2.37. The zero-order chi connectivity index (χ0) is 23.5. The van der Waals surface area contributed by atoms with E-state index in [2.05, 4.69) is 11.9 Å². The first-order chi connectivity index (χ1) is 15.9. The van der Waals surface area contributed by atoms with E-state index < -0.39 is 12.3 Å². The maximum Gasteiger partial charge on any atom is 0.254 e. The second kappa shape index (κ2) is 10.2. The molecular weight excluding hydrogens is 467 g/mol. The van der Waals surface area contributed by atoms with Gasteiger partial charge in [0.15, 0.2) is 5.76 Å². The number of ether oxygens (including phenoxy) is 2. The Morgan fingerprint density at radius 3 is 2.79 bits per heavy atom. The molecule has 1 amide bonds. The molecule has 0 aliphatic carbocycles. The van der Waals surface area contributed by atoms with Crippen molar-refractivity contribution in [1.82, 2.24) is 4.90 Å². The van der Waals surface area contributed by atoms with E-state index in [1.165, 1.54) is 4.90 Å². The first-order valence-corrected chi connectivity index (χ1v) is 12.1. The quantitative estimate of drug-likeness (QED) is 0.665. The second-order valence-corrected chi connectivity index (χ2v) is 9.22. The van der Waals surface area contributed by atoms with Gasteiger partial charge in [0.05, 0.1) is 17.7 Å². The summed E-state index contributed by atoms with van der Waals surface area (Å²) in [5, 5.41) is 12.1. The molecular formula is C24H26ClFN2O4S.